The average Bonchev–Trinajstić information content (AvgIpc) is 3.01. The van der Waals surface area contributed by atoms with Crippen molar-refractivity contribution in [3.8, 4) is 0 Å². The number of anilines is 3. The Bertz CT molecular complexity index is 1400. The number of carbonyl (C=O) groups excluding carboxylic acids is 3. The average molecular weight is 639 g/mol. The minimum absolute atomic E-state index is 0.00425. The fraction of sp³-hybridized carbons (Fsp3) is 0.222. The molecule has 0 aliphatic carbocycles. The van der Waals surface area contributed by atoms with Crippen molar-refractivity contribution >= 4 is 52.2 Å². The lowest BCUT2D eigenvalue weighted by Gasteiger charge is -2.23. The summed E-state index contributed by atoms with van der Waals surface area (Å²) in [5.41, 5.74) is -0.835. The molecular formula is C27H30N10O9. The largest absolute Gasteiger partial charge is 0.337 e. The van der Waals surface area contributed by atoms with Crippen LogP contribution in [0, 0.1) is 30.3 Å². The van der Waals surface area contributed by atoms with Gasteiger partial charge in [-0.2, -0.15) is 0 Å². The van der Waals surface area contributed by atoms with Gasteiger partial charge in [-0.05, 0) is 18.2 Å². The second-order valence-electron chi connectivity index (χ2n) is 9.31. The van der Waals surface area contributed by atoms with Crippen molar-refractivity contribution in [3.05, 3.63) is 103 Å². The van der Waals surface area contributed by atoms with Gasteiger partial charge in [-0.1, -0.05) is 36.4 Å². The molecule has 6 amide bonds. The van der Waals surface area contributed by atoms with Crippen LogP contribution in [-0.2, 0) is 0 Å². The van der Waals surface area contributed by atoms with Gasteiger partial charge in [0.05, 0.1) is 14.8 Å². The van der Waals surface area contributed by atoms with Crippen LogP contribution in [0.25, 0.3) is 0 Å². The van der Waals surface area contributed by atoms with Gasteiger partial charge in [-0.25, -0.2) is 14.4 Å². The summed E-state index contributed by atoms with van der Waals surface area (Å²) in [6.07, 6.45) is 0. The number of nitro groups is 3. The van der Waals surface area contributed by atoms with E-state index in [0.717, 1.165) is 0 Å². The van der Waals surface area contributed by atoms with Gasteiger partial charge in [0.2, 0.25) is 0 Å². The summed E-state index contributed by atoms with van der Waals surface area (Å²) in [6.45, 7) is 0.841. The molecule has 0 aromatic heterocycles. The van der Waals surface area contributed by atoms with Crippen molar-refractivity contribution in [3.63, 3.8) is 0 Å². The molecule has 0 heterocycles. The Balaban J connectivity index is 1.54. The maximum absolute atomic E-state index is 12.4. The van der Waals surface area contributed by atoms with Gasteiger partial charge in [0.15, 0.2) is 0 Å². The van der Waals surface area contributed by atoms with Crippen molar-refractivity contribution in [2.75, 3.05) is 55.2 Å². The SMILES string of the molecule is O=C(NCCN(CCNC(=O)Nc1ccccc1[N+](=O)[O-])CCNC(=O)Nc1ccccc1[N+](=O)[O-])Nc1ccccc1[N+](=O)[O-]. The van der Waals surface area contributed by atoms with Crippen molar-refractivity contribution in [2.24, 2.45) is 0 Å². The van der Waals surface area contributed by atoms with Crippen molar-refractivity contribution in [1.29, 1.82) is 0 Å². The molecule has 0 aliphatic rings. The lowest BCUT2D eigenvalue weighted by Crippen LogP contribution is -2.44. The van der Waals surface area contributed by atoms with E-state index < -0.39 is 32.9 Å². The van der Waals surface area contributed by atoms with Crippen LogP contribution in [0.15, 0.2) is 72.8 Å². The minimum Gasteiger partial charge on any atom is -0.337 e. The van der Waals surface area contributed by atoms with E-state index in [-0.39, 0.29) is 73.4 Å². The molecule has 242 valence electrons. The molecule has 3 aromatic carbocycles. The fourth-order valence-electron chi connectivity index (χ4n) is 4.03. The van der Waals surface area contributed by atoms with Gasteiger partial charge in [-0.15, -0.1) is 0 Å². The van der Waals surface area contributed by atoms with Crippen LogP contribution in [0.2, 0.25) is 0 Å². The highest BCUT2D eigenvalue weighted by Gasteiger charge is 2.17. The highest BCUT2D eigenvalue weighted by Crippen LogP contribution is 2.24. The number of para-hydroxylation sites is 6. The van der Waals surface area contributed by atoms with E-state index in [2.05, 4.69) is 31.9 Å². The number of nitro benzene ring substituents is 3. The highest BCUT2D eigenvalue weighted by atomic mass is 16.6. The topological polar surface area (TPSA) is 256 Å². The second-order valence-corrected chi connectivity index (χ2v) is 9.31. The van der Waals surface area contributed by atoms with E-state index in [9.17, 15) is 44.7 Å². The van der Waals surface area contributed by atoms with Crippen LogP contribution in [0.3, 0.4) is 0 Å². The zero-order chi connectivity index (χ0) is 33.5. The third-order valence-electron chi connectivity index (χ3n) is 6.19. The first-order chi connectivity index (χ1) is 22.0. The first kappa shape index (κ1) is 34.1. The van der Waals surface area contributed by atoms with Gasteiger partial charge in [-0.3, -0.25) is 35.2 Å². The molecule has 0 saturated carbocycles. The molecule has 0 saturated heterocycles. The zero-order valence-electron chi connectivity index (χ0n) is 24.1. The lowest BCUT2D eigenvalue weighted by atomic mass is 10.3. The fourth-order valence-corrected chi connectivity index (χ4v) is 4.03. The summed E-state index contributed by atoms with van der Waals surface area (Å²) in [7, 11) is 0. The molecule has 46 heavy (non-hydrogen) atoms. The summed E-state index contributed by atoms with van der Waals surface area (Å²) < 4.78 is 0. The molecule has 0 unspecified atom stereocenters. The summed E-state index contributed by atoms with van der Waals surface area (Å²) in [6, 6.07) is 14.8. The zero-order valence-corrected chi connectivity index (χ0v) is 24.1. The molecule has 0 atom stereocenters. The molecule has 3 rings (SSSR count). The Morgan fingerprint density at radius 1 is 0.500 bits per heavy atom. The van der Waals surface area contributed by atoms with E-state index in [0.29, 0.717) is 0 Å². The van der Waals surface area contributed by atoms with Crippen LogP contribution in [0.4, 0.5) is 48.5 Å². The normalized spacial score (nSPS) is 10.4. The predicted octanol–water partition coefficient (Wildman–Crippen LogP) is 3.48. The maximum atomic E-state index is 12.4. The number of hydrogen-bond donors (Lipinski definition) is 6. The molecule has 0 radical (unpaired) electrons. The van der Waals surface area contributed by atoms with E-state index >= 15 is 0 Å². The Kier molecular flexibility index (Phi) is 12.7. The number of amides is 6. The third-order valence-corrected chi connectivity index (χ3v) is 6.19. The summed E-state index contributed by atoms with van der Waals surface area (Å²) in [5, 5.41) is 48.6. The maximum Gasteiger partial charge on any atom is 0.319 e. The predicted molar refractivity (Wildman–Crippen MR) is 167 cm³/mol. The third kappa shape index (κ3) is 10.7. The van der Waals surface area contributed by atoms with Crippen LogP contribution in [0.5, 0.6) is 0 Å². The van der Waals surface area contributed by atoms with Gasteiger partial charge in [0.1, 0.15) is 17.1 Å². The van der Waals surface area contributed by atoms with Crippen molar-refractivity contribution in [2.45, 2.75) is 0 Å². The number of nitrogens with one attached hydrogen (secondary N) is 6. The Labute approximate surface area is 260 Å². The van der Waals surface area contributed by atoms with Crippen molar-refractivity contribution < 1.29 is 29.2 Å². The smallest absolute Gasteiger partial charge is 0.319 e. The first-order valence-electron chi connectivity index (χ1n) is 13.6. The lowest BCUT2D eigenvalue weighted by molar-refractivity contribution is -0.384. The van der Waals surface area contributed by atoms with Crippen LogP contribution >= 0.6 is 0 Å². The standard InChI is InChI=1S/C27H30N10O9/c38-25(31-19-7-1-4-10-22(19)35(41)42)28-13-16-34(17-14-29-26(39)32-20-8-2-5-11-23(20)36(43)44)18-15-30-27(40)33-21-9-3-6-12-24(21)37(45)46/h1-12H,13-18H2,(H2,28,31,38)(H2,29,32,39)(H2,30,33,40). The molecule has 6 N–H and O–H groups in total. The molecule has 19 heteroatoms. The Morgan fingerprint density at radius 2 is 0.761 bits per heavy atom. The van der Waals surface area contributed by atoms with E-state index in [1.165, 1.54) is 72.8 Å². The monoisotopic (exact) mass is 638 g/mol. The Morgan fingerprint density at radius 3 is 1.02 bits per heavy atom. The van der Waals surface area contributed by atoms with Gasteiger partial charge in [0.25, 0.3) is 17.1 Å². The van der Waals surface area contributed by atoms with Crippen LogP contribution in [-0.4, -0.2) is 77.0 Å². The van der Waals surface area contributed by atoms with Crippen molar-refractivity contribution in [1.82, 2.24) is 20.9 Å². The number of benzene rings is 3. The molecule has 0 bridgehead atoms. The molecule has 0 aliphatic heterocycles. The molecule has 0 spiro atoms. The molecule has 0 fully saturated rings. The summed E-state index contributed by atoms with van der Waals surface area (Å²) >= 11 is 0. The molecular weight excluding hydrogens is 608 g/mol. The van der Waals surface area contributed by atoms with Gasteiger partial charge in [0, 0.05) is 57.5 Å². The number of hydrogen-bond acceptors (Lipinski definition) is 10. The summed E-state index contributed by atoms with van der Waals surface area (Å²) in [4.78, 5) is 70.6. The quantitative estimate of drug-likeness (QED) is 0.104. The Hall–Kier alpha value is -6.37. The van der Waals surface area contributed by atoms with Gasteiger partial charge < -0.3 is 31.9 Å². The van der Waals surface area contributed by atoms with Crippen LogP contribution in [0.1, 0.15) is 0 Å². The van der Waals surface area contributed by atoms with E-state index in [1.807, 2.05) is 0 Å². The van der Waals surface area contributed by atoms with Gasteiger partial charge >= 0.3 is 18.1 Å². The minimum atomic E-state index is -0.696. The van der Waals surface area contributed by atoms with E-state index in [1.54, 1.807) is 4.90 Å². The number of urea groups is 3. The number of nitrogens with zero attached hydrogens (tertiary/aromatic N) is 4. The number of carbonyl (C=O) groups is 3. The molecule has 19 nitrogen and oxygen atoms in total. The second kappa shape index (κ2) is 17.1. The van der Waals surface area contributed by atoms with E-state index in [4.69, 9.17) is 0 Å². The number of rotatable bonds is 15. The summed E-state index contributed by atoms with van der Waals surface area (Å²) in [5.74, 6) is 0. The molecule has 3 aromatic rings. The van der Waals surface area contributed by atoms with Crippen LogP contribution < -0.4 is 31.9 Å². The first-order valence-corrected chi connectivity index (χ1v) is 13.6. The highest BCUT2D eigenvalue weighted by molar-refractivity contribution is 5.93.